The third-order valence-corrected chi connectivity index (χ3v) is 6.82. The zero-order chi connectivity index (χ0) is 28.3. The van der Waals surface area contributed by atoms with Crippen LogP contribution >= 0.6 is 0 Å². The Labute approximate surface area is 224 Å². The van der Waals surface area contributed by atoms with Crippen molar-refractivity contribution >= 4 is 28.1 Å². The van der Waals surface area contributed by atoms with Gasteiger partial charge in [0.15, 0.2) is 11.2 Å². The number of fused-ring (bicyclic) bond motifs is 2. The van der Waals surface area contributed by atoms with Crippen LogP contribution < -0.4 is 5.43 Å². The Kier molecular flexibility index (Phi) is 5.54. The Hall–Kier alpha value is -5.64. The van der Waals surface area contributed by atoms with Gasteiger partial charge in [0.1, 0.15) is 69.0 Å². The Morgan fingerprint density at radius 2 is 1.43 bits per heavy atom. The topological polar surface area (TPSA) is 178 Å². The van der Waals surface area contributed by atoms with Crippen molar-refractivity contribution in [3.63, 3.8) is 0 Å². The molecule has 0 spiro atoms. The number of benzene rings is 3. The molecule has 40 heavy (non-hydrogen) atoms. The maximum Gasteiger partial charge on any atom is 0.197 e. The first-order valence-electron chi connectivity index (χ1n) is 12.0. The van der Waals surface area contributed by atoms with Crippen LogP contribution in [0.3, 0.4) is 0 Å². The van der Waals surface area contributed by atoms with E-state index in [9.17, 15) is 40.2 Å². The molecule has 3 aromatic carbocycles. The SMILES string of the molecule is O=C1C=C(c2ccc(O)cc2)OC2C(c3cc(-c4cc(=O)c5c(O)cc(O)cc5o4)ccc3O)=C(O)C=C(O)C12. The van der Waals surface area contributed by atoms with E-state index in [1.54, 1.807) is 0 Å². The van der Waals surface area contributed by atoms with Crippen LogP contribution in [0.1, 0.15) is 11.1 Å². The first kappa shape index (κ1) is 24.7. The second kappa shape index (κ2) is 8.98. The molecule has 2 unspecified atom stereocenters. The number of phenols is 4. The predicted octanol–water partition coefficient (Wildman–Crippen LogP) is 4.63. The number of allylic oxidation sites excluding steroid dienone is 2. The number of ketones is 1. The number of aromatic hydroxyl groups is 4. The van der Waals surface area contributed by atoms with Crippen molar-refractivity contribution in [1.82, 2.24) is 0 Å². The van der Waals surface area contributed by atoms with E-state index in [1.807, 2.05) is 0 Å². The van der Waals surface area contributed by atoms with Gasteiger partial charge in [-0.05, 0) is 42.5 Å². The molecule has 2 atom stereocenters. The van der Waals surface area contributed by atoms with E-state index in [2.05, 4.69) is 0 Å². The van der Waals surface area contributed by atoms with Gasteiger partial charge in [0.25, 0.3) is 0 Å². The summed E-state index contributed by atoms with van der Waals surface area (Å²) < 4.78 is 11.9. The van der Waals surface area contributed by atoms with Gasteiger partial charge in [-0.2, -0.15) is 0 Å². The highest BCUT2D eigenvalue weighted by molar-refractivity contribution is 6.03. The fraction of sp³-hybridized carbons (Fsp3) is 0.0667. The molecule has 1 aliphatic carbocycles. The second-order valence-corrected chi connectivity index (χ2v) is 9.39. The molecule has 0 saturated carbocycles. The van der Waals surface area contributed by atoms with Crippen LogP contribution in [0.15, 0.2) is 93.5 Å². The molecule has 2 aliphatic rings. The van der Waals surface area contributed by atoms with E-state index in [-0.39, 0.29) is 56.4 Å². The van der Waals surface area contributed by atoms with Gasteiger partial charge in [-0.15, -0.1) is 0 Å². The fourth-order valence-corrected chi connectivity index (χ4v) is 4.96. The number of ether oxygens (including phenoxy) is 1. The fourth-order valence-electron chi connectivity index (χ4n) is 4.96. The van der Waals surface area contributed by atoms with Crippen molar-refractivity contribution in [1.29, 1.82) is 0 Å². The minimum absolute atomic E-state index is 0.00157. The summed E-state index contributed by atoms with van der Waals surface area (Å²) in [6.45, 7) is 0. The van der Waals surface area contributed by atoms with Crippen molar-refractivity contribution in [3.05, 3.63) is 106 Å². The number of aliphatic hydroxyl groups is 2. The van der Waals surface area contributed by atoms with E-state index in [4.69, 9.17) is 9.15 Å². The third kappa shape index (κ3) is 3.99. The van der Waals surface area contributed by atoms with E-state index in [1.165, 1.54) is 54.6 Å². The zero-order valence-corrected chi connectivity index (χ0v) is 20.4. The van der Waals surface area contributed by atoms with Crippen LogP contribution in [0, 0.1) is 5.92 Å². The molecular formula is C30H20O10. The molecule has 10 nitrogen and oxygen atoms in total. The standard InChI is InChI=1S/C30H20O10/c31-15-4-1-13(2-5-15)24-12-23(38)29-21(36)10-20(35)27(30(29)40-24)17-7-14(3-6-18(17)33)25-11-22(37)28-19(34)8-16(32)9-26(28)39-25/h1-12,29-36H. The van der Waals surface area contributed by atoms with E-state index < -0.39 is 40.5 Å². The van der Waals surface area contributed by atoms with Gasteiger partial charge in [-0.25, -0.2) is 0 Å². The van der Waals surface area contributed by atoms with Crippen LogP contribution in [0.25, 0.3) is 33.6 Å². The zero-order valence-electron chi connectivity index (χ0n) is 20.4. The summed E-state index contributed by atoms with van der Waals surface area (Å²) in [6, 6.07) is 13.4. The summed E-state index contributed by atoms with van der Waals surface area (Å²) >= 11 is 0. The minimum Gasteiger partial charge on any atom is -0.511 e. The normalized spacial score (nSPS) is 18.6. The summed E-state index contributed by atoms with van der Waals surface area (Å²) in [4.78, 5) is 25.8. The lowest BCUT2D eigenvalue weighted by Gasteiger charge is -2.35. The highest BCUT2D eigenvalue weighted by Crippen LogP contribution is 2.45. The minimum atomic E-state index is -1.25. The molecule has 0 saturated heterocycles. The molecule has 0 bridgehead atoms. The summed E-state index contributed by atoms with van der Waals surface area (Å²) in [6.07, 6.45) is 0.970. The highest BCUT2D eigenvalue weighted by atomic mass is 16.5. The average molecular weight is 540 g/mol. The number of aliphatic hydroxyl groups excluding tert-OH is 2. The summed E-state index contributed by atoms with van der Waals surface area (Å²) in [5.41, 5.74) is 0.114. The Balaban J connectivity index is 1.48. The van der Waals surface area contributed by atoms with Gasteiger partial charge < -0.3 is 39.8 Å². The Bertz CT molecular complexity index is 1880. The number of hydrogen-bond acceptors (Lipinski definition) is 10. The van der Waals surface area contributed by atoms with E-state index in [0.29, 0.717) is 5.56 Å². The largest absolute Gasteiger partial charge is 0.511 e. The van der Waals surface area contributed by atoms with Crippen molar-refractivity contribution in [2.45, 2.75) is 6.10 Å². The summed E-state index contributed by atoms with van der Waals surface area (Å²) in [5.74, 6) is -3.50. The molecule has 0 radical (unpaired) electrons. The number of phenolic OH excluding ortho intramolecular Hbond substituents is 4. The predicted molar refractivity (Wildman–Crippen MR) is 143 cm³/mol. The molecule has 6 rings (SSSR count). The van der Waals surface area contributed by atoms with Gasteiger partial charge in [0, 0.05) is 52.6 Å². The van der Waals surface area contributed by atoms with Gasteiger partial charge in [-0.1, -0.05) is 0 Å². The number of rotatable bonds is 3. The smallest absolute Gasteiger partial charge is 0.197 e. The van der Waals surface area contributed by atoms with Gasteiger partial charge in [0.2, 0.25) is 0 Å². The Morgan fingerprint density at radius 3 is 2.17 bits per heavy atom. The van der Waals surface area contributed by atoms with Crippen molar-refractivity contribution < 1.29 is 44.6 Å². The maximum absolute atomic E-state index is 13.1. The molecular weight excluding hydrogens is 520 g/mol. The lowest BCUT2D eigenvalue weighted by molar-refractivity contribution is -0.121. The van der Waals surface area contributed by atoms with Gasteiger partial charge >= 0.3 is 0 Å². The molecule has 10 heteroatoms. The third-order valence-electron chi connectivity index (χ3n) is 6.82. The van der Waals surface area contributed by atoms with Crippen LogP contribution in [-0.2, 0) is 9.53 Å². The number of hydrogen-bond donors (Lipinski definition) is 6. The van der Waals surface area contributed by atoms with Crippen LogP contribution in [-0.4, -0.2) is 42.5 Å². The summed E-state index contributed by atoms with van der Waals surface area (Å²) in [5, 5.41) is 61.7. The van der Waals surface area contributed by atoms with Gasteiger partial charge in [-0.3, -0.25) is 9.59 Å². The van der Waals surface area contributed by atoms with Crippen LogP contribution in [0.5, 0.6) is 23.0 Å². The first-order valence-corrected chi connectivity index (χ1v) is 12.0. The van der Waals surface area contributed by atoms with E-state index >= 15 is 0 Å². The quantitative estimate of drug-likeness (QED) is 0.215. The van der Waals surface area contributed by atoms with Crippen molar-refractivity contribution in [2.75, 3.05) is 0 Å². The summed E-state index contributed by atoms with van der Waals surface area (Å²) in [7, 11) is 0. The molecule has 200 valence electrons. The lowest BCUT2D eigenvalue weighted by atomic mass is 9.80. The van der Waals surface area contributed by atoms with Crippen molar-refractivity contribution in [3.8, 4) is 34.3 Å². The molecule has 0 amide bonds. The average Bonchev–Trinajstić information content (AvgIpc) is 2.89. The number of carbonyl (C=O) groups excluding carboxylic acids is 1. The van der Waals surface area contributed by atoms with Crippen LogP contribution in [0.2, 0.25) is 0 Å². The molecule has 4 aromatic rings. The highest BCUT2D eigenvalue weighted by Gasteiger charge is 2.44. The van der Waals surface area contributed by atoms with E-state index in [0.717, 1.165) is 18.2 Å². The second-order valence-electron chi connectivity index (χ2n) is 9.39. The molecule has 2 heterocycles. The molecule has 6 N–H and O–H groups in total. The molecule has 1 aromatic heterocycles. The number of carbonyl (C=O) groups is 1. The monoisotopic (exact) mass is 540 g/mol. The van der Waals surface area contributed by atoms with Gasteiger partial charge in [0.05, 0.1) is 0 Å². The maximum atomic E-state index is 13.1. The van der Waals surface area contributed by atoms with Crippen molar-refractivity contribution in [2.24, 2.45) is 5.92 Å². The first-order chi connectivity index (χ1) is 19.1. The molecule has 1 aliphatic heterocycles. The molecule has 0 fully saturated rings. The Morgan fingerprint density at radius 1 is 0.700 bits per heavy atom. The lowest BCUT2D eigenvalue weighted by Crippen LogP contribution is -2.38. The van der Waals surface area contributed by atoms with Crippen LogP contribution in [0.4, 0.5) is 0 Å².